The van der Waals surface area contributed by atoms with E-state index in [0.717, 1.165) is 180 Å². The first kappa shape index (κ1) is 74.7. The number of nitrogens with zero attached hydrogens (tertiary/aromatic N) is 4. The number of anilines is 12. The molecule has 0 amide bonds. The molecule has 0 aliphatic heterocycles. The number of rotatable bonds is 26. The highest BCUT2D eigenvalue weighted by Gasteiger charge is 2.33. The van der Waals surface area contributed by atoms with Crippen LogP contribution in [0.4, 0.5) is 68.2 Å². The minimum Gasteiger partial charge on any atom is -0.495 e. The van der Waals surface area contributed by atoms with Gasteiger partial charge in [-0.15, -0.1) is 0 Å². The first-order valence-electron chi connectivity index (χ1n) is 38.7. The minimum absolute atomic E-state index is 0.741. The van der Waals surface area contributed by atoms with Crippen molar-refractivity contribution in [1.29, 1.82) is 0 Å². The summed E-state index contributed by atoms with van der Waals surface area (Å²) in [5.41, 5.74) is 27.1. The second-order valence-corrected chi connectivity index (χ2v) is 28.5. The van der Waals surface area contributed by atoms with Crippen molar-refractivity contribution in [2.75, 3.05) is 62.3 Å². The van der Waals surface area contributed by atoms with Crippen LogP contribution < -0.4 is 69.9 Å². The van der Waals surface area contributed by atoms with Gasteiger partial charge < -0.3 is 48.0 Å². The molecule has 0 atom stereocenters. The molecule has 11 heteroatoms. The monoisotopic (exact) mass is 1500 g/mol. The van der Waals surface area contributed by atoms with Gasteiger partial charge in [0.05, 0.1) is 76.8 Å². The molecule has 0 aliphatic carbocycles. The zero-order valence-electron chi connectivity index (χ0n) is 65.8. The number of ether oxygens (including phenoxy) is 6. The number of aryl methyl sites for hydroxylation is 2. The number of hydrogen-bond acceptors (Lipinski definition) is 10. The van der Waals surface area contributed by atoms with Crippen LogP contribution in [0.3, 0.4) is 0 Å². The van der Waals surface area contributed by atoms with Crippen molar-refractivity contribution in [3.05, 3.63) is 399 Å². The van der Waals surface area contributed by atoms with E-state index in [-0.39, 0.29) is 0 Å². The molecule has 0 fully saturated rings. The van der Waals surface area contributed by atoms with E-state index in [2.05, 4.69) is 325 Å². The van der Waals surface area contributed by atoms with Gasteiger partial charge in [-0.1, -0.05) is 255 Å². The van der Waals surface area contributed by atoms with E-state index in [4.69, 9.17) is 28.4 Å². The van der Waals surface area contributed by atoms with Crippen LogP contribution >= 0.6 is 0 Å². The Balaban J connectivity index is 0.835. The zero-order chi connectivity index (χ0) is 78.8. The Morgan fingerprint density at radius 3 is 0.487 bits per heavy atom. The molecular weight excluding hydrogens is 1410 g/mol. The fourth-order valence-corrected chi connectivity index (χ4v) is 16.4. The highest BCUT2D eigenvalue weighted by Crippen LogP contribution is 2.48. The third-order valence-electron chi connectivity index (χ3n) is 22.1. The van der Waals surface area contributed by atoms with Crippen molar-refractivity contribution in [2.45, 2.75) is 13.8 Å². The van der Waals surface area contributed by atoms with Crippen molar-refractivity contribution in [2.24, 2.45) is 0 Å². The molecule has 0 bridgehead atoms. The summed E-state index contributed by atoms with van der Waals surface area (Å²) in [4.78, 5) is 8.95. The summed E-state index contributed by atoms with van der Waals surface area (Å²) in [5, 5.41) is 0. The molecular formula is C104H88BN4O6-. The van der Waals surface area contributed by atoms with Gasteiger partial charge in [-0.05, 0) is 203 Å². The third kappa shape index (κ3) is 14.7. The van der Waals surface area contributed by atoms with E-state index >= 15 is 0 Å². The molecule has 0 spiro atoms. The average Bonchev–Trinajstić information content (AvgIpc) is 0.721. The van der Waals surface area contributed by atoms with Gasteiger partial charge in [0.25, 0.3) is 0 Å². The molecule has 0 radical (unpaired) electrons. The van der Waals surface area contributed by atoms with Crippen LogP contribution in [0.1, 0.15) is 11.1 Å². The molecule has 0 N–H and O–H groups in total. The normalized spacial score (nSPS) is 11.1. The summed E-state index contributed by atoms with van der Waals surface area (Å²) in [6.07, 6.45) is -2.00. The Morgan fingerprint density at radius 1 is 0.165 bits per heavy atom. The van der Waals surface area contributed by atoms with Crippen LogP contribution in [-0.2, 0) is 0 Å². The maximum atomic E-state index is 6.00. The molecule has 0 aromatic heterocycles. The van der Waals surface area contributed by atoms with E-state index in [1.54, 1.807) is 42.7 Å². The Labute approximate surface area is 675 Å². The second kappa shape index (κ2) is 33.7. The highest BCUT2D eigenvalue weighted by molar-refractivity contribution is 7.20. The van der Waals surface area contributed by atoms with E-state index in [0.29, 0.717) is 0 Å². The zero-order valence-corrected chi connectivity index (χ0v) is 65.8. The van der Waals surface area contributed by atoms with Crippen LogP contribution in [0.15, 0.2) is 388 Å². The fourth-order valence-electron chi connectivity index (χ4n) is 16.4. The van der Waals surface area contributed by atoms with Gasteiger partial charge in [-0.25, -0.2) is 0 Å². The van der Waals surface area contributed by atoms with Crippen molar-refractivity contribution in [1.82, 2.24) is 0 Å². The number of methoxy groups -OCH3 is 6. The largest absolute Gasteiger partial charge is 0.495 e. The summed E-state index contributed by atoms with van der Waals surface area (Å²) < 4.78 is 36.0. The SMILES string of the molecule is COc1ccccc1N(c1ccc(-c2ccc([B-](c3ccc(-c4ccc(N(c5ccccc5C)c5ccccc5OC)cc4)cc3)(c3ccc(-c4ccc(N(c5ccccc5OC)c5ccccc5OC)cc4)cc3)c3ccc(-c4ccc(N(c5ccccc5OC)c5ccccc5OC)cc4)cc3)cc2)cc1)c1ccccc1C. The summed E-state index contributed by atoms with van der Waals surface area (Å²) in [7, 11) is 10.3. The van der Waals surface area contributed by atoms with E-state index < -0.39 is 6.15 Å². The van der Waals surface area contributed by atoms with Crippen LogP contribution in [-0.4, -0.2) is 48.8 Å². The first-order valence-corrected chi connectivity index (χ1v) is 38.7. The summed E-state index contributed by atoms with van der Waals surface area (Å²) in [5.74, 6) is 4.54. The topological polar surface area (TPSA) is 68.3 Å². The highest BCUT2D eigenvalue weighted by atomic mass is 16.5. The molecule has 16 aromatic rings. The van der Waals surface area contributed by atoms with Crippen LogP contribution in [0.5, 0.6) is 34.5 Å². The van der Waals surface area contributed by atoms with Crippen LogP contribution in [0.2, 0.25) is 0 Å². The molecule has 10 nitrogen and oxygen atoms in total. The number of hydrogen-bond donors (Lipinski definition) is 0. The molecule has 0 heterocycles. The lowest BCUT2D eigenvalue weighted by Gasteiger charge is -2.44. The van der Waals surface area contributed by atoms with Crippen molar-refractivity contribution in [3.63, 3.8) is 0 Å². The van der Waals surface area contributed by atoms with Gasteiger partial charge >= 0.3 is 0 Å². The Bertz CT molecular complexity index is 5560. The molecule has 0 saturated carbocycles. The first-order chi connectivity index (χ1) is 56.6. The van der Waals surface area contributed by atoms with Gasteiger partial charge in [0.15, 0.2) is 0 Å². The molecule has 0 saturated heterocycles. The fraction of sp³-hybridized carbons (Fsp3) is 0.0769. The molecule has 115 heavy (non-hydrogen) atoms. The third-order valence-corrected chi connectivity index (χ3v) is 22.1. The lowest BCUT2D eigenvalue weighted by atomic mass is 9.13. The van der Waals surface area contributed by atoms with Gasteiger partial charge in [0, 0.05) is 34.1 Å². The Morgan fingerprint density at radius 2 is 0.313 bits per heavy atom. The molecule has 564 valence electrons. The van der Waals surface area contributed by atoms with Crippen molar-refractivity contribution < 1.29 is 28.4 Å². The molecule has 0 aliphatic rings. The summed E-state index contributed by atoms with van der Waals surface area (Å²) in [6, 6.07) is 138. The summed E-state index contributed by atoms with van der Waals surface area (Å²) in [6.45, 7) is 4.30. The maximum absolute atomic E-state index is 6.00. The van der Waals surface area contributed by atoms with E-state index in [9.17, 15) is 0 Å². The molecule has 16 rings (SSSR count). The lowest BCUT2D eigenvalue weighted by molar-refractivity contribution is 0.412. The molecule has 16 aromatic carbocycles. The van der Waals surface area contributed by atoms with Crippen molar-refractivity contribution in [3.8, 4) is 79.0 Å². The molecule has 0 unspecified atom stereocenters. The van der Waals surface area contributed by atoms with Gasteiger partial charge in [-0.2, -0.15) is 21.9 Å². The van der Waals surface area contributed by atoms with E-state index in [1.165, 1.54) is 0 Å². The predicted molar refractivity (Wildman–Crippen MR) is 479 cm³/mol. The number of para-hydroxylation sites is 14. The van der Waals surface area contributed by atoms with Gasteiger partial charge in [-0.3, -0.25) is 0 Å². The standard InChI is InChI=1S/C104H88BN4O6/c1-73-25-9-11-27-91(73)106(93-29-13-19-35-99(93)110-3)87-65-49-79(50-66-87)75-41-57-83(58-42-75)105(84-59-43-76(44-60-84)80-51-67-88(68-52-80)107(92-28-12-10-26-74(92)2)94-30-14-20-36-100(94)111-4,85-61-45-77(46-62-85)81-53-69-89(70-54-81)108(95-31-15-21-37-101(95)112-5)96-32-16-22-38-102(96)113-6)86-63-47-78(48-64-86)82-55-71-90(72-56-82)109(97-33-17-23-39-103(97)114-7)98-34-18-24-40-104(98)115-8/h9-72H,1-8H3/q-1. The second-order valence-electron chi connectivity index (χ2n) is 28.5. The number of benzene rings is 16. The Kier molecular flexibility index (Phi) is 21.9. The maximum Gasteiger partial charge on any atom is 0.142 e. The minimum atomic E-state index is -2.00. The van der Waals surface area contributed by atoms with Gasteiger partial charge in [0.1, 0.15) is 40.6 Å². The van der Waals surface area contributed by atoms with Crippen LogP contribution in [0, 0.1) is 13.8 Å². The lowest BCUT2D eigenvalue weighted by Crippen LogP contribution is -2.74. The Hall–Kier alpha value is -14.4. The summed E-state index contributed by atoms with van der Waals surface area (Å²) >= 11 is 0. The smallest absolute Gasteiger partial charge is 0.142 e. The average molecular weight is 1500 g/mol. The van der Waals surface area contributed by atoms with Gasteiger partial charge in [0.2, 0.25) is 0 Å². The van der Waals surface area contributed by atoms with E-state index in [1.807, 2.05) is 97.1 Å². The predicted octanol–water partition coefficient (Wildman–Crippen LogP) is 24.3. The van der Waals surface area contributed by atoms with Crippen LogP contribution in [0.25, 0.3) is 44.5 Å². The van der Waals surface area contributed by atoms with Crippen molar-refractivity contribution >= 4 is 96.2 Å². The quantitative estimate of drug-likeness (QED) is 0.0490.